The molecule has 0 aromatic heterocycles. The van der Waals surface area contributed by atoms with Crippen LogP contribution in [0.1, 0.15) is 50.9 Å². The lowest BCUT2D eigenvalue weighted by molar-refractivity contribution is -0.124. The van der Waals surface area contributed by atoms with Gasteiger partial charge in [-0.05, 0) is 52.9 Å². The predicted octanol–water partition coefficient (Wildman–Crippen LogP) is 4.51. The average molecular weight is 394 g/mol. The van der Waals surface area contributed by atoms with E-state index in [9.17, 15) is 14.9 Å². The summed E-state index contributed by atoms with van der Waals surface area (Å²) in [4.78, 5) is 24.6. The third-order valence-corrected chi connectivity index (χ3v) is 6.38. The molecule has 0 saturated heterocycles. The zero-order chi connectivity index (χ0) is 20.9. The van der Waals surface area contributed by atoms with Gasteiger partial charge >= 0.3 is 5.97 Å². The zero-order valence-electron chi connectivity index (χ0n) is 16.0. The van der Waals surface area contributed by atoms with E-state index in [2.05, 4.69) is 23.5 Å². The number of amides is 1. The molecule has 1 unspecified atom stereocenters. The molecule has 0 aliphatic heterocycles. The molecule has 0 heterocycles. The van der Waals surface area contributed by atoms with Crippen molar-refractivity contribution in [1.82, 2.24) is 0 Å². The van der Waals surface area contributed by atoms with Gasteiger partial charge in [0, 0.05) is 17.5 Å². The van der Waals surface area contributed by atoms with E-state index in [4.69, 9.17) is 5.11 Å². The van der Waals surface area contributed by atoms with Crippen molar-refractivity contribution in [1.29, 1.82) is 5.26 Å². The SMILES string of the molecule is N#CC1(C(=O)Nc2ccc(C(=O)O)cc2)CC2c3ccccc3C1c1ccccc12. The maximum Gasteiger partial charge on any atom is 0.335 e. The summed E-state index contributed by atoms with van der Waals surface area (Å²) < 4.78 is 0. The topological polar surface area (TPSA) is 90.2 Å². The highest BCUT2D eigenvalue weighted by molar-refractivity contribution is 6.00. The normalized spacial score (nSPS) is 23.0. The minimum Gasteiger partial charge on any atom is -0.478 e. The van der Waals surface area contributed by atoms with E-state index in [1.54, 1.807) is 12.1 Å². The number of rotatable bonds is 3. The number of nitrogens with one attached hydrogen (secondary N) is 1. The molecular formula is C25H18N2O3. The first kappa shape index (κ1) is 18.1. The molecule has 3 aromatic carbocycles. The Hall–Kier alpha value is -3.91. The number of nitrogens with zero attached hydrogens (tertiary/aromatic N) is 1. The number of carbonyl (C=O) groups is 2. The van der Waals surface area contributed by atoms with Gasteiger partial charge in [-0.15, -0.1) is 0 Å². The molecule has 0 spiro atoms. The van der Waals surface area contributed by atoms with Crippen molar-refractivity contribution in [3.05, 3.63) is 101 Å². The number of anilines is 1. The van der Waals surface area contributed by atoms with Crippen LogP contribution in [-0.4, -0.2) is 17.0 Å². The maximum absolute atomic E-state index is 13.5. The van der Waals surface area contributed by atoms with Crippen LogP contribution in [0.3, 0.4) is 0 Å². The number of benzene rings is 3. The molecular weight excluding hydrogens is 376 g/mol. The van der Waals surface area contributed by atoms with E-state index >= 15 is 0 Å². The number of aromatic carboxylic acids is 1. The van der Waals surface area contributed by atoms with Crippen molar-refractivity contribution < 1.29 is 14.7 Å². The van der Waals surface area contributed by atoms with Crippen LogP contribution in [0, 0.1) is 16.7 Å². The lowest BCUT2D eigenvalue weighted by Crippen LogP contribution is -2.48. The van der Waals surface area contributed by atoms with Gasteiger partial charge in [-0.25, -0.2) is 4.79 Å². The zero-order valence-corrected chi connectivity index (χ0v) is 16.0. The first-order valence-corrected chi connectivity index (χ1v) is 9.79. The fourth-order valence-electron chi connectivity index (χ4n) is 5.03. The molecule has 6 rings (SSSR count). The Bertz CT molecular complexity index is 1180. The molecule has 5 nitrogen and oxygen atoms in total. The largest absolute Gasteiger partial charge is 0.478 e. The van der Waals surface area contributed by atoms with Gasteiger partial charge in [0.1, 0.15) is 5.41 Å². The molecule has 30 heavy (non-hydrogen) atoms. The van der Waals surface area contributed by atoms with Crippen LogP contribution in [0.5, 0.6) is 0 Å². The van der Waals surface area contributed by atoms with Gasteiger partial charge in [0.15, 0.2) is 0 Å². The van der Waals surface area contributed by atoms with E-state index in [1.165, 1.54) is 23.3 Å². The van der Waals surface area contributed by atoms with Gasteiger partial charge in [0.05, 0.1) is 11.6 Å². The summed E-state index contributed by atoms with van der Waals surface area (Å²) in [5.41, 5.74) is 3.82. The highest BCUT2D eigenvalue weighted by Crippen LogP contribution is 2.61. The minimum absolute atomic E-state index is 0.0119. The van der Waals surface area contributed by atoms with Crippen molar-refractivity contribution in [2.75, 3.05) is 5.32 Å². The molecule has 3 aliphatic rings. The van der Waals surface area contributed by atoms with Crippen LogP contribution in [0.2, 0.25) is 0 Å². The van der Waals surface area contributed by atoms with E-state index in [0.717, 1.165) is 11.1 Å². The number of nitriles is 1. The first-order chi connectivity index (χ1) is 14.5. The summed E-state index contributed by atoms with van der Waals surface area (Å²) in [5, 5.41) is 22.2. The smallest absolute Gasteiger partial charge is 0.335 e. The fourth-order valence-corrected chi connectivity index (χ4v) is 5.03. The Morgan fingerprint density at radius 2 is 1.43 bits per heavy atom. The monoisotopic (exact) mass is 394 g/mol. The summed E-state index contributed by atoms with van der Waals surface area (Å²) in [6.07, 6.45) is 0.418. The third kappa shape index (κ3) is 2.47. The highest BCUT2D eigenvalue weighted by atomic mass is 16.4. The number of carboxylic acid groups (broad SMARTS) is 1. The lowest BCUT2D eigenvalue weighted by atomic mass is 9.52. The van der Waals surface area contributed by atoms with Crippen molar-refractivity contribution in [2.24, 2.45) is 5.41 Å². The molecule has 0 radical (unpaired) electrons. The summed E-state index contributed by atoms with van der Waals surface area (Å²) in [7, 11) is 0. The quantitative estimate of drug-likeness (QED) is 0.684. The van der Waals surface area contributed by atoms with Gasteiger partial charge in [-0.1, -0.05) is 48.5 Å². The standard InChI is InChI=1S/C25H18N2O3/c26-14-25(24(30)27-16-11-9-15(10-12-16)23(28)29)13-21-17-5-1-3-7-19(17)22(25)20-8-4-2-6-18(20)21/h1-12,21-22H,13H2,(H,27,30)(H,28,29). The van der Waals surface area contributed by atoms with Crippen molar-refractivity contribution in [2.45, 2.75) is 18.3 Å². The predicted molar refractivity (Wildman–Crippen MR) is 111 cm³/mol. The molecule has 2 N–H and O–H groups in total. The van der Waals surface area contributed by atoms with Crippen molar-refractivity contribution in [3.8, 4) is 6.07 Å². The summed E-state index contributed by atoms with van der Waals surface area (Å²) in [6, 6.07) is 24.5. The number of carbonyl (C=O) groups excluding carboxylic acids is 1. The molecule has 1 atom stereocenters. The lowest BCUT2D eigenvalue weighted by Gasteiger charge is -2.48. The van der Waals surface area contributed by atoms with Crippen molar-refractivity contribution in [3.63, 3.8) is 0 Å². The minimum atomic E-state index is -1.24. The van der Waals surface area contributed by atoms with Gasteiger partial charge in [0.25, 0.3) is 0 Å². The summed E-state index contributed by atoms with van der Waals surface area (Å²) in [6.45, 7) is 0. The molecule has 2 bridgehead atoms. The second-order valence-electron chi connectivity index (χ2n) is 7.87. The molecule has 0 fully saturated rings. The van der Waals surface area contributed by atoms with Gasteiger partial charge in [-0.2, -0.15) is 5.26 Å². The molecule has 3 aliphatic carbocycles. The van der Waals surface area contributed by atoms with Crippen LogP contribution in [0.4, 0.5) is 5.69 Å². The molecule has 0 saturated carbocycles. The van der Waals surface area contributed by atoms with Crippen molar-refractivity contribution >= 4 is 17.6 Å². The second-order valence-corrected chi connectivity index (χ2v) is 7.87. The molecule has 146 valence electrons. The second kappa shape index (κ2) is 6.57. The van der Waals surface area contributed by atoms with Crippen LogP contribution in [0.25, 0.3) is 0 Å². The Balaban J connectivity index is 1.58. The summed E-state index contributed by atoms with van der Waals surface area (Å²) in [5.74, 6) is -1.74. The van der Waals surface area contributed by atoms with E-state index in [0.29, 0.717) is 12.1 Å². The van der Waals surface area contributed by atoms with Crippen LogP contribution in [0.15, 0.2) is 72.8 Å². The number of hydrogen-bond donors (Lipinski definition) is 2. The van der Waals surface area contributed by atoms with Crippen LogP contribution < -0.4 is 5.32 Å². The first-order valence-electron chi connectivity index (χ1n) is 9.79. The third-order valence-electron chi connectivity index (χ3n) is 6.38. The Labute approximate surface area is 173 Å². The van der Waals surface area contributed by atoms with Gasteiger partial charge in [0.2, 0.25) is 5.91 Å². The average Bonchev–Trinajstić information content (AvgIpc) is 2.79. The van der Waals surface area contributed by atoms with Gasteiger partial charge in [-0.3, -0.25) is 4.79 Å². The Morgan fingerprint density at radius 1 is 0.900 bits per heavy atom. The Kier molecular flexibility index (Phi) is 3.97. The van der Waals surface area contributed by atoms with Gasteiger partial charge < -0.3 is 10.4 Å². The number of fused-ring (bicyclic) bond motifs is 1. The molecule has 5 heteroatoms. The maximum atomic E-state index is 13.5. The van der Waals surface area contributed by atoms with E-state index < -0.39 is 11.4 Å². The Morgan fingerprint density at radius 3 is 1.93 bits per heavy atom. The molecule has 3 aromatic rings. The summed E-state index contributed by atoms with van der Waals surface area (Å²) >= 11 is 0. The van der Waals surface area contributed by atoms with Crippen LogP contribution in [-0.2, 0) is 4.79 Å². The fraction of sp³-hybridized carbons (Fsp3) is 0.160. The number of carboxylic acids is 1. The van der Waals surface area contributed by atoms with E-state index in [-0.39, 0.29) is 23.3 Å². The molecule has 1 amide bonds. The highest BCUT2D eigenvalue weighted by Gasteiger charge is 2.57. The van der Waals surface area contributed by atoms with E-state index in [1.807, 2.05) is 36.4 Å². The van der Waals surface area contributed by atoms with Crippen LogP contribution >= 0.6 is 0 Å². The number of hydrogen-bond acceptors (Lipinski definition) is 3.